The zero-order valence-corrected chi connectivity index (χ0v) is 13.1. The largest absolute Gasteiger partial charge is 0.331 e. The van der Waals surface area contributed by atoms with E-state index in [-0.39, 0.29) is 6.03 Å². The van der Waals surface area contributed by atoms with Crippen LogP contribution in [0.2, 0.25) is 0 Å². The number of hydrogen-bond donors (Lipinski definition) is 0. The van der Waals surface area contributed by atoms with Gasteiger partial charge < -0.3 is 9.80 Å². The number of carbonyl (C=O) groups is 1. The van der Waals surface area contributed by atoms with Crippen LogP contribution in [0.4, 0.5) is 4.79 Å². The molecule has 2 rings (SSSR count). The molecule has 0 atom stereocenters. The molecule has 4 nitrogen and oxygen atoms in total. The maximum Gasteiger partial charge on any atom is 0.319 e. The molecule has 0 unspecified atom stereocenters. The lowest BCUT2D eigenvalue weighted by Crippen LogP contribution is -2.51. The molecule has 0 N–H and O–H groups in total. The van der Waals surface area contributed by atoms with Crippen molar-refractivity contribution in [2.45, 2.75) is 6.54 Å². The van der Waals surface area contributed by atoms with Gasteiger partial charge in [-0.05, 0) is 28.1 Å². The number of carbonyl (C=O) groups excluding carboxylic acids is 1. The van der Waals surface area contributed by atoms with E-state index in [0.717, 1.165) is 32.7 Å². The molecule has 1 aliphatic rings. The van der Waals surface area contributed by atoms with Crippen molar-refractivity contribution >= 4 is 33.3 Å². The highest BCUT2D eigenvalue weighted by Gasteiger charge is 2.22. The van der Waals surface area contributed by atoms with Crippen molar-refractivity contribution in [3.63, 3.8) is 0 Å². The van der Waals surface area contributed by atoms with Gasteiger partial charge in [-0.2, -0.15) is 0 Å². The third-order valence-corrected chi connectivity index (χ3v) is 4.64. The van der Waals surface area contributed by atoms with E-state index in [0.29, 0.717) is 0 Å². The van der Waals surface area contributed by atoms with Crippen molar-refractivity contribution < 1.29 is 4.79 Å². The number of rotatable bonds is 2. The molecule has 1 saturated heterocycles. The first-order valence-electron chi connectivity index (χ1n) is 5.99. The number of piperazine rings is 1. The number of thiophene rings is 1. The first-order chi connectivity index (χ1) is 8.56. The van der Waals surface area contributed by atoms with Gasteiger partial charge in [0.25, 0.3) is 0 Å². The van der Waals surface area contributed by atoms with Crippen molar-refractivity contribution in [3.8, 4) is 0 Å². The normalized spacial score (nSPS) is 16.9. The Hall–Kier alpha value is -0.590. The van der Waals surface area contributed by atoms with E-state index in [1.54, 1.807) is 30.3 Å². The molecule has 0 spiro atoms. The van der Waals surface area contributed by atoms with Gasteiger partial charge in [0.2, 0.25) is 0 Å². The lowest BCUT2D eigenvalue weighted by molar-refractivity contribution is 0.120. The van der Waals surface area contributed by atoms with E-state index < -0.39 is 0 Å². The molecule has 0 aliphatic carbocycles. The van der Waals surface area contributed by atoms with Crippen LogP contribution in [-0.4, -0.2) is 61.0 Å². The second kappa shape index (κ2) is 6.04. The number of amides is 2. The van der Waals surface area contributed by atoms with Crippen molar-refractivity contribution in [3.05, 3.63) is 20.8 Å². The molecule has 18 heavy (non-hydrogen) atoms. The van der Waals surface area contributed by atoms with E-state index in [9.17, 15) is 4.79 Å². The van der Waals surface area contributed by atoms with Gasteiger partial charge in [-0.15, -0.1) is 11.3 Å². The van der Waals surface area contributed by atoms with E-state index in [2.05, 4.69) is 33.0 Å². The summed E-state index contributed by atoms with van der Waals surface area (Å²) < 4.78 is 1.18. The van der Waals surface area contributed by atoms with E-state index >= 15 is 0 Å². The van der Waals surface area contributed by atoms with Gasteiger partial charge in [-0.25, -0.2) is 4.79 Å². The molecule has 2 heterocycles. The van der Waals surface area contributed by atoms with Crippen LogP contribution in [-0.2, 0) is 6.54 Å². The Morgan fingerprint density at radius 3 is 2.50 bits per heavy atom. The summed E-state index contributed by atoms with van der Waals surface area (Å²) in [4.78, 5) is 19.1. The van der Waals surface area contributed by atoms with Gasteiger partial charge in [-0.3, -0.25) is 4.90 Å². The minimum Gasteiger partial charge on any atom is -0.331 e. The minimum atomic E-state index is 0.119. The molecule has 0 bridgehead atoms. The van der Waals surface area contributed by atoms with Gasteiger partial charge in [0.15, 0.2) is 0 Å². The summed E-state index contributed by atoms with van der Waals surface area (Å²) in [5.41, 5.74) is 0. The summed E-state index contributed by atoms with van der Waals surface area (Å²) in [5.74, 6) is 0. The Labute approximate surface area is 120 Å². The second-order valence-electron chi connectivity index (χ2n) is 4.65. The molecule has 0 saturated carbocycles. The molecule has 2 amide bonds. The molecule has 0 radical (unpaired) electrons. The fraction of sp³-hybridized carbons (Fsp3) is 0.583. The number of urea groups is 1. The van der Waals surface area contributed by atoms with Crippen LogP contribution in [0.15, 0.2) is 15.9 Å². The van der Waals surface area contributed by atoms with Crippen LogP contribution in [0, 0.1) is 0 Å². The van der Waals surface area contributed by atoms with Crippen LogP contribution in [0.5, 0.6) is 0 Å². The summed E-state index contributed by atoms with van der Waals surface area (Å²) in [7, 11) is 3.61. The first-order valence-corrected chi connectivity index (χ1v) is 7.60. The van der Waals surface area contributed by atoms with Crippen LogP contribution in [0.3, 0.4) is 0 Å². The number of halogens is 1. The third kappa shape index (κ3) is 3.46. The van der Waals surface area contributed by atoms with Gasteiger partial charge in [0.05, 0.1) is 3.79 Å². The summed E-state index contributed by atoms with van der Waals surface area (Å²) in [6.07, 6.45) is 0. The SMILES string of the molecule is CN(C)C(=O)N1CCN(Cc2ccc(Br)s2)CC1. The van der Waals surface area contributed by atoms with Crippen LogP contribution >= 0.6 is 27.3 Å². The van der Waals surface area contributed by atoms with Crippen molar-refractivity contribution in [1.82, 2.24) is 14.7 Å². The average molecular weight is 332 g/mol. The van der Waals surface area contributed by atoms with Gasteiger partial charge >= 0.3 is 6.03 Å². The average Bonchev–Trinajstić information content (AvgIpc) is 2.75. The van der Waals surface area contributed by atoms with Gasteiger partial charge in [0, 0.05) is 51.7 Å². The highest BCUT2D eigenvalue weighted by molar-refractivity contribution is 9.11. The predicted molar refractivity (Wildman–Crippen MR) is 78.0 cm³/mol. The fourth-order valence-corrected chi connectivity index (χ4v) is 3.56. The lowest BCUT2D eigenvalue weighted by atomic mass is 10.3. The summed E-state index contributed by atoms with van der Waals surface area (Å²) in [6.45, 7) is 4.54. The molecule has 1 aliphatic heterocycles. The summed E-state index contributed by atoms with van der Waals surface area (Å²) in [6, 6.07) is 4.37. The fourth-order valence-electron chi connectivity index (χ4n) is 2.04. The maximum absolute atomic E-state index is 11.8. The molecule has 100 valence electrons. The highest BCUT2D eigenvalue weighted by atomic mass is 79.9. The third-order valence-electron chi connectivity index (χ3n) is 3.03. The Morgan fingerprint density at radius 2 is 2.00 bits per heavy atom. The lowest BCUT2D eigenvalue weighted by Gasteiger charge is -2.35. The quantitative estimate of drug-likeness (QED) is 0.831. The topological polar surface area (TPSA) is 26.8 Å². The second-order valence-corrected chi connectivity index (χ2v) is 7.19. The first kappa shape index (κ1) is 13.8. The Kier molecular flexibility index (Phi) is 4.64. The molecular formula is C12H18BrN3OS. The van der Waals surface area contributed by atoms with Gasteiger partial charge in [-0.1, -0.05) is 0 Å². The Morgan fingerprint density at radius 1 is 1.33 bits per heavy atom. The van der Waals surface area contributed by atoms with E-state index in [1.807, 2.05) is 4.90 Å². The van der Waals surface area contributed by atoms with Crippen molar-refractivity contribution in [2.75, 3.05) is 40.3 Å². The van der Waals surface area contributed by atoms with Gasteiger partial charge in [0.1, 0.15) is 0 Å². The molecular weight excluding hydrogens is 314 g/mol. The number of nitrogens with zero attached hydrogens (tertiary/aromatic N) is 3. The maximum atomic E-state index is 11.8. The Balaban J connectivity index is 1.82. The van der Waals surface area contributed by atoms with Crippen molar-refractivity contribution in [2.24, 2.45) is 0 Å². The standard InChI is InChI=1S/C12H18BrN3OS/c1-14(2)12(17)16-7-5-15(6-8-16)9-10-3-4-11(13)18-10/h3-4H,5-9H2,1-2H3. The highest BCUT2D eigenvalue weighted by Crippen LogP contribution is 2.23. The molecule has 1 aromatic rings. The molecule has 0 aromatic carbocycles. The predicted octanol–water partition coefficient (Wildman–Crippen LogP) is 2.31. The van der Waals surface area contributed by atoms with E-state index in [4.69, 9.17) is 0 Å². The van der Waals surface area contributed by atoms with Crippen LogP contribution in [0.1, 0.15) is 4.88 Å². The van der Waals surface area contributed by atoms with E-state index in [1.165, 1.54) is 8.66 Å². The monoisotopic (exact) mass is 331 g/mol. The smallest absolute Gasteiger partial charge is 0.319 e. The zero-order valence-electron chi connectivity index (χ0n) is 10.7. The zero-order chi connectivity index (χ0) is 13.1. The Bertz CT molecular complexity index is 413. The van der Waals surface area contributed by atoms with Crippen LogP contribution < -0.4 is 0 Å². The molecule has 1 aromatic heterocycles. The van der Waals surface area contributed by atoms with Crippen molar-refractivity contribution in [1.29, 1.82) is 0 Å². The summed E-state index contributed by atoms with van der Waals surface area (Å²) in [5, 5.41) is 0. The molecule has 1 fully saturated rings. The number of hydrogen-bond acceptors (Lipinski definition) is 3. The summed E-state index contributed by atoms with van der Waals surface area (Å²) >= 11 is 5.26. The van der Waals surface area contributed by atoms with Crippen LogP contribution in [0.25, 0.3) is 0 Å². The minimum absolute atomic E-state index is 0.119. The molecule has 6 heteroatoms.